The highest BCUT2D eigenvalue weighted by molar-refractivity contribution is 5.78. The molecule has 20 heavy (non-hydrogen) atoms. The van der Waals surface area contributed by atoms with Crippen LogP contribution in [-0.4, -0.2) is 42.0 Å². The van der Waals surface area contributed by atoms with Gasteiger partial charge in [-0.1, -0.05) is 46.0 Å². The summed E-state index contributed by atoms with van der Waals surface area (Å²) in [5, 5.41) is 8.89. The minimum atomic E-state index is 0.250. The molecule has 0 aliphatic rings. The summed E-state index contributed by atoms with van der Waals surface area (Å²) in [4.78, 5) is 13.9. The van der Waals surface area contributed by atoms with Crippen molar-refractivity contribution in [3.63, 3.8) is 0 Å². The lowest BCUT2D eigenvalue weighted by molar-refractivity contribution is -0.119. The Morgan fingerprint density at radius 3 is 2.00 bits per heavy atom. The number of hydrogen-bond donors (Lipinski definition) is 1. The molecule has 0 radical (unpaired) electrons. The fourth-order valence-corrected chi connectivity index (χ4v) is 2.45. The molecule has 0 rings (SSSR count). The standard InChI is InChI=1S/C17H35NO2/c1-3-5-6-9-12-17(20)13-10-7-8-11-14-18(4-2)15-16-19/h19H,3-16H2,1-2H3. The average Bonchev–Trinajstić information content (AvgIpc) is 2.46. The molecule has 0 aliphatic heterocycles. The van der Waals surface area contributed by atoms with Gasteiger partial charge < -0.3 is 10.0 Å². The monoisotopic (exact) mass is 285 g/mol. The Morgan fingerprint density at radius 2 is 1.45 bits per heavy atom. The van der Waals surface area contributed by atoms with Gasteiger partial charge in [-0.3, -0.25) is 4.79 Å². The Bertz CT molecular complexity index is 219. The first-order valence-corrected chi connectivity index (χ1v) is 8.59. The van der Waals surface area contributed by atoms with Crippen LogP contribution in [0.1, 0.15) is 78.1 Å². The summed E-state index contributed by atoms with van der Waals surface area (Å²) in [6, 6.07) is 0. The minimum Gasteiger partial charge on any atom is -0.395 e. The summed E-state index contributed by atoms with van der Waals surface area (Å²) >= 11 is 0. The van der Waals surface area contributed by atoms with Crippen molar-refractivity contribution >= 4 is 5.78 Å². The van der Waals surface area contributed by atoms with Gasteiger partial charge in [-0.15, -0.1) is 0 Å². The quantitative estimate of drug-likeness (QED) is 0.465. The number of hydrogen-bond acceptors (Lipinski definition) is 3. The minimum absolute atomic E-state index is 0.250. The molecule has 0 heterocycles. The van der Waals surface area contributed by atoms with Crippen LogP contribution in [0.15, 0.2) is 0 Å². The van der Waals surface area contributed by atoms with Crippen molar-refractivity contribution in [2.45, 2.75) is 78.1 Å². The molecule has 0 fully saturated rings. The van der Waals surface area contributed by atoms with Gasteiger partial charge in [-0.25, -0.2) is 0 Å². The second-order valence-corrected chi connectivity index (χ2v) is 5.67. The molecule has 0 bridgehead atoms. The molecule has 0 aliphatic carbocycles. The lowest BCUT2D eigenvalue weighted by Gasteiger charge is -2.18. The Kier molecular flexibility index (Phi) is 14.7. The van der Waals surface area contributed by atoms with E-state index < -0.39 is 0 Å². The van der Waals surface area contributed by atoms with Crippen LogP contribution in [0.2, 0.25) is 0 Å². The number of unbranched alkanes of at least 4 members (excludes halogenated alkanes) is 6. The Labute approximate surface area is 125 Å². The maximum Gasteiger partial charge on any atom is 0.132 e. The highest BCUT2D eigenvalue weighted by Crippen LogP contribution is 2.09. The Hall–Kier alpha value is -0.410. The zero-order chi connectivity index (χ0) is 15.1. The molecule has 0 aromatic rings. The van der Waals surface area contributed by atoms with E-state index in [4.69, 9.17) is 5.11 Å². The number of carbonyl (C=O) groups is 1. The van der Waals surface area contributed by atoms with Crippen LogP contribution in [0.25, 0.3) is 0 Å². The van der Waals surface area contributed by atoms with Gasteiger partial charge in [0.25, 0.3) is 0 Å². The van der Waals surface area contributed by atoms with Crippen LogP contribution in [0, 0.1) is 0 Å². The van der Waals surface area contributed by atoms with E-state index in [1.807, 2.05) is 0 Å². The maximum absolute atomic E-state index is 11.6. The third-order valence-corrected chi connectivity index (χ3v) is 3.85. The van der Waals surface area contributed by atoms with Crippen LogP contribution >= 0.6 is 0 Å². The zero-order valence-electron chi connectivity index (χ0n) is 13.7. The van der Waals surface area contributed by atoms with Gasteiger partial charge in [0.05, 0.1) is 6.61 Å². The van der Waals surface area contributed by atoms with E-state index in [-0.39, 0.29) is 6.61 Å². The van der Waals surface area contributed by atoms with Crippen molar-refractivity contribution in [3.05, 3.63) is 0 Å². The number of rotatable bonds is 15. The van der Waals surface area contributed by atoms with Crippen LogP contribution in [0.4, 0.5) is 0 Å². The molecule has 1 N–H and O–H groups in total. The van der Waals surface area contributed by atoms with Crippen molar-refractivity contribution in [2.75, 3.05) is 26.2 Å². The molecule has 0 unspecified atom stereocenters. The van der Waals surface area contributed by atoms with Gasteiger partial charge in [0.2, 0.25) is 0 Å². The highest BCUT2D eigenvalue weighted by Gasteiger charge is 2.03. The van der Waals surface area contributed by atoms with Crippen LogP contribution in [-0.2, 0) is 4.79 Å². The predicted octanol–water partition coefficient (Wildman–Crippen LogP) is 3.79. The Balaban J connectivity index is 3.32. The number of ketones is 1. The Morgan fingerprint density at radius 1 is 0.850 bits per heavy atom. The normalized spacial score (nSPS) is 11.2. The molecule has 0 atom stereocenters. The van der Waals surface area contributed by atoms with Crippen molar-refractivity contribution in [3.8, 4) is 0 Å². The lowest BCUT2D eigenvalue weighted by Crippen LogP contribution is -2.27. The lowest BCUT2D eigenvalue weighted by atomic mass is 10.0. The number of carbonyl (C=O) groups excluding carboxylic acids is 1. The van der Waals surface area contributed by atoms with Crippen molar-refractivity contribution in [1.82, 2.24) is 4.90 Å². The molecule has 0 aromatic heterocycles. The van der Waals surface area contributed by atoms with E-state index in [1.165, 1.54) is 32.1 Å². The fourth-order valence-electron chi connectivity index (χ4n) is 2.45. The summed E-state index contributed by atoms with van der Waals surface area (Å²) in [6.45, 7) is 7.45. The number of Topliss-reactive ketones (excluding diaryl/α,β-unsaturated/α-hetero) is 1. The van der Waals surface area contributed by atoms with Gasteiger partial charge in [0.15, 0.2) is 0 Å². The smallest absolute Gasteiger partial charge is 0.132 e. The molecular formula is C17H35NO2. The highest BCUT2D eigenvalue weighted by atomic mass is 16.3. The molecule has 0 amide bonds. The van der Waals surface area contributed by atoms with Crippen LogP contribution in [0.5, 0.6) is 0 Å². The van der Waals surface area contributed by atoms with Gasteiger partial charge in [0, 0.05) is 19.4 Å². The van der Waals surface area contributed by atoms with Gasteiger partial charge in [-0.05, 0) is 32.4 Å². The molecule has 0 aromatic carbocycles. The van der Waals surface area contributed by atoms with Gasteiger partial charge >= 0.3 is 0 Å². The molecule has 0 saturated heterocycles. The van der Waals surface area contributed by atoms with Crippen molar-refractivity contribution in [1.29, 1.82) is 0 Å². The fraction of sp³-hybridized carbons (Fsp3) is 0.941. The molecule has 0 saturated carbocycles. The van der Waals surface area contributed by atoms with Crippen LogP contribution in [0.3, 0.4) is 0 Å². The van der Waals surface area contributed by atoms with Gasteiger partial charge in [0.1, 0.15) is 5.78 Å². The number of aliphatic hydroxyl groups is 1. The summed E-state index contributed by atoms with van der Waals surface area (Å²) in [5.74, 6) is 0.455. The van der Waals surface area contributed by atoms with Gasteiger partial charge in [-0.2, -0.15) is 0 Å². The number of likely N-dealkylation sites (N-methyl/N-ethyl adjacent to an activating group) is 1. The van der Waals surface area contributed by atoms with E-state index in [9.17, 15) is 4.79 Å². The number of nitrogens with zero attached hydrogens (tertiary/aromatic N) is 1. The first-order valence-electron chi connectivity index (χ1n) is 8.59. The van der Waals surface area contributed by atoms with E-state index in [0.29, 0.717) is 5.78 Å². The molecule has 3 nitrogen and oxygen atoms in total. The average molecular weight is 285 g/mol. The summed E-state index contributed by atoms with van der Waals surface area (Å²) < 4.78 is 0. The first-order chi connectivity index (χ1) is 9.74. The predicted molar refractivity (Wildman–Crippen MR) is 86.1 cm³/mol. The summed E-state index contributed by atoms with van der Waals surface area (Å²) in [5.41, 5.74) is 0. The van der Waals surface area contributed by atoms with Crippen LogP contribution < -0.4 is 0 Å². The summed E-state index contributed by atoms with van der Waals surface area (Å²) in [6.07, 6.45) is 11.0. The molecular weight excluding hydrogens is 250 g/mol. The zero-order valence-corrected chi connectivity index (χ0v) is 13.7. The van der Waals surface area contributed by atoms with E-state index in [2.05, 4.69) is 18.7 Å². The summed E-state index contributed by atoms with van der Waals surface area (Å²) in [7, 11) is 0. The molecule has 120 valence electrons. The van der Waals surface area contributed by atoms with Crippen molar-refractivity contribution < 1.29 is 9.90 Å². The van der Waals surface area contributed by atoms with E-state index in [0.717, 1.165) is 51.7 Å². The second-order valence-electron chi connectivity index (χ2n) is 5.67. The molecule has 0 spiro atoms. The first kappa shape index (κ1) is 19.6. The molecule has 3 heteroatoms. The van der Waals surface area contributed by atoms with E-state index >= 15 is 0 Å². The second kappa shape index (κ2) is 15.0. The third-order valence-electron chi connectivity index (χ3n) is 3.85. The third kappa shape index (κ3) is 12.6. The van der Waals surface area contributed by atoms with E-state index in [1.54, 1.807) is 0 Å². The SMILES string of the molecule is CCCCCCC(=O)CCCCCCN(CC)CCO. The largest absolute Gasteiger partial charge is 0.395 e. The van der Waals surface area contributed by atoms with Crippen molar-refractivity contribution in [2.24, 2.45) is 0 Å². The number of aliphatic hydroxyl groups excluding tert-OH is 1. The maximum atomic E-state index is 11.6. The topological polar surface area (TPSA) is 40.5 Å².